The van der Waals surface area contributed by atoms with Gasteiger partial charge in [0.25, 0.3) is 5.91 Å². The molecular weight excluding hydrogens is 374 g/mol. The van der Waals surface area contributed by atoms with E-state index in [2.05, 4.69) is 10.6 Å². The summed E-state index contributed by atoms with van der Waals surface area (Å²) in [6, 6.07) is 8.19. The van der Waals surface area contributed by atoms with Crippen molar-refractivity contribution in [1.29, 1.82) is 5.26 Å². The van der Waals surface area contributed by atoms with Gasteiger partial charge in [-0.2, -0.15) is 5.26 Å². The van der Waals surface area contributed by atoms with Crippen LogP contribution in [-0.2, 0) is 19.1 Å². The Labute approximate surface area is 170 Å². The van der Waals surface area contributed by atoms with Crippen LogP contribution in [0, 0.1) is 17.2 Å². The number of ether oxygens (including phenoxy) is 2. The summed E-state index contributed by atoms with van der Waals surface area (Å²) in [5.41, 5.74) is -0.270. The molecule has 1 rings (SSSR count). The number of benzene rings is 1. The van der Waals surface area contributed by atoms with Crippen molar-refractivity contribution in [3.63, 3.8) is 0 Å². The van der Waals surface area contributed by atoms with Gasteiger partial charge in [-0.15, -0.1) is 0 Å². The van der Waals surface area contributed by atoms with E-state index in [9.17, 15) is 19.6 Å². The van der Waals surface area contributed by atoms with Crippen molar-refractivity contribution in [2.75, 3.05) is 13.7 Å². The summed E-state index contributed by atoms with van der Waals surface area (Å²) in [4.78, 5) is 35.9. The number of amides is 2. The Bertz CT molecular complexity index is 796. The minimum Gasteiger partial charge on any atom is -0.497 e. The van der Waals surface area contributed by atoms with E-state index in [0.717, 1.165) is 5.56 Å². The van der Waals surface area contributed by atoms with Gasteiger partial charge >= 0.3 is 5.97 Å². The monoisotopic (exact) mass is 401 g/mol. The molecule has 0 heterocycles. The summed E-state index contributed by atoms with van der Waals surface area (Å²) < 4.78 is 9.97. The Morgan fingerprint density at radius 3 is 2.34 bits per heavy atom. The number of hydrogen-bond donors (Lipinski definition) is 2. The molecule has 0 bridgehead atoms. The SMILES string of the molecule is COc1ccc(/C=C/C(=O)N[C@H](C)C(=O)OCC(=O)N[C@@](C)(C#N)C(C)C)cc1. The average Bonchev–Trinajstić information content (AvgIpc) is 2.70. The average molecular weight is 401 g/mol. The van der Waals surface area contributed by atoms with Crippen molar-refractivity contribution in [3.8, 4) is 11.8 Å². The molecule has 0 spiro atoms. The van der Waals surface area contributed by atoms with Crippen molar-refractivity contribution in [2.24, 2.45) is 5.92 Å². The highest BCUT2D eigenvalue weighted by molar-refractivity contribution is 5.94. The molecule has 1 aromatic carbocycles. The smallest absolute Gasteiger partial charge is 0.328 e. The van der Waals surface area contributed by atoms with E-state index in [1.54, 1.807) is 58.2 Å². The number of carbonyl (C=O) groups is 3. The summed E-state index contributed by atoms with van der Waals surface area (Å²) in [5.74, 6) is -1.24. The Morgan fingerprint density at radius 1 is 1.21 bits per heavy atom. The molecule has 0 aromatic heterocycles. The maximum Gasteiger partial charge on any atom is 0.328 e. The van der Waals surface area contributed by atoms with Crippen molar-refractivity contribution < 1.29 is 23.9 Å². The van der Waals surface area contributed by atoms with Gasteiger partial charge in [-0.3, -0.25) is 9.59 Å². The fourth-order valence-electron chi connectivity index (χ4n) is 2.10. The Hall–Kier alpha value is -3.34. The van der Waals surface area contributed by atoms with Gasteiger partial charge in [0.1, 0.15) is 17.3 Å². The van der Waals surface area contributed by atoms with Gasteiger partial charge in [0.2, 0.25) is 5.91 Å². The molecule has 0 unspecified atom stereocenters. The van der Waals surface area contributed by atoms with E-state index < -0.39 is 36.0 Å². The van der Waals surface area contributed by atoms with Crippen LogP contribution in [0.3, 0.4) is 0 Å². The van der Waals surface area contributed by atoms with Gasteiger partial charge in [0.15, 0.2) is 6.61 Å². The number of nitriles is 1. The highest BCUT2D eigenvalue weighted by Crippen LogP contribution is 2.15. The van der Waals surface area contributed by atoms with Crippen LogP contribution in [0.4, 0.5) is 0 Å². The maximum absolute atomic E-state index is 12.0. The van der Waals surface area contributed by atoms with Gasteiger partial charge < -0.3 is 20.1 Å². The van der Waals surface area contributed by atoms with Crippen LogP contribution in [0.25, 0.3) is 6.08 Å². The molecule has 0 aliphatic rings. The molecule has 8 nitrogen and oxygen atoms in total. The van der Waals surface area contributed by atoms with Crippen molar-refractivity contribution in [1.82, 2.24) is 10.6 Å². The Morgan fingerprint density at radius 2 is 1.83 bits per heavy atom. The zero-order valence-corrected chi connectivity index (χ0v) is 17.3. The molecule has 2 N–H and O–H groups in total. The number of carbonyl (C=O) groups excluding carboxylic acids is 3. The van der Waals surface area contributed by atoms with E-state index in [1.165, 1.54) is 13.0 Å². The third-order valence-corrected chi connectivity index (χ3v) is 4.39. The third kappa shape index (κ3) is 7.66. The molecule has 1 aromatic rings. The lowest BCUT2D eigenvalue weighted by atomic mass is 9.90. The predicted octanol–water partition coefficient (Wildman–Crippen LogP) is 1.81. The Kier molecular flexibility index (Phi) is 8.87. The number of nitrogens with zero attached hydrogens (tertiary/aromatic N) is 1. The standard InChI is InChI=1S/C21H27N3O5/c1-14(2)21(4,13-22)24-19(26)12-29-20(27)15(3)23-18(25)11-8-16-6-9-17(28-5)10-7-16/h6-11,14-15H,12H2,1-5H3,(H,23,25)(H,24,26)/b11-8+/t15-,21+/m1/s1. The first-order valence-corrected chi connectivity index (χ1v) is 9.12. The van der Waals surface area contributed by atoms with Crippen molar-refractivity contribution >= 4 is 23.9 Å². The van der Waals surface area contributed by atoms with E-state index in [1.807, 2.05) is 6.07 Å². The molecule has 29 heavy (non-hydrogen) atoms. The maximum atomic E-state index is 12.0. The first-order valence-electron chi connectivity index (χ1n) is 9.12. The van der Waals surface area contributed by atoms with Crippen molar-refractivity contribution in [3.05, 3.63) is 35.9 Å². The number of rotatable bonds is 9. The van der Waals surface area contributed by atoms with Gasteiger partial charge in [-0.05, 0) is 43.5 Å². The minimum absolute atomic E-state index is 0.122. The summed E-state index contributed by atoms with van der Waals surface area (Å²) >= 11 is 0. The Balaban J connectivity index is 2.48. The highest BCUT2D eigenvalue weighted by atomic mass is 16.5. The molecule has 156 valence electrons. The molecule has 8 heteroatoms. The summed E-state index contributed by atoms with van der Waals surface area (Å²) in [6.45, 7) is 6.10. The molecule has 0 radical (unpaired) electrons. The van der Waals surface area contributed by atoms with E-state index in [-0.39, 0.29) is 5.92 Å². The van der Waals surface area contributed by atoms with Gasteiger partial charge in [-0.25, -0.2) is 4.79 Å². The van der Waals surface area contributed by atoms with Crippen LogP contribution in [0.1, 0.15) is 33.3 Å². The summed E-state index contributed by atoms with van der Waals surface area (Å²) in [5, 5.41) is 14.2. The number of methoxy groups -OCH3 is 1. The van der Waals surface area contributed by atoms with Gasteiger partial charge in [0.05, 0.1) is 13.2 Å². The lowest BCUT2D eigenvalue weighted by Crippen LogP contribution is -2.50. The lowest BCUT2D eigenvalue weighted by molar-refractivity contribution is -0.151. The summed E-state index contributed by atoms with van der Waals surface area (Å²) in [7, 11) is 1.56. The number of hydrogen-bond acceptors (Lipinski definition) is 6. The molecule has 0 fully saturated rings. The normalized spacial score (nSPS) is 13.8. The van der Waals surface area contributed by atoms with Crippen LogP contribution in [0.15, 0.2) is 30.3 Å². The van der Waals surface area contributed by atoms with Crippen molar-refractivity contribution in [2.45, 2.75) is 39.3 Å². The fraction of sp³-hybridized carbons (Fsp3) is 0.429. The first-order chi connectivity index (χ1) is 13.6. The van der Waals surface area contributed by atoms with Crippen LogP contribution >= 0.6 is 0 Å². The zero-order chi connectivity index (χ0) is 22.0. The largest absolute Gasteiger partial charge is 0.497 e. The molecular formula is C21H27N3O5. The first kappa shape index (κ1) is 23.7. The topological polar surface area (TPSA) is 118 Å². The third-order valence-electron chi connectivity index (χ3n) is 4.39. The second-order valence-electron chi connectivity index (χ2n) is 6.96. The predicted molar refractivity (Wildman–Crippen MR) is 108 cm³/mol. The second-order valence-corrected chi connectivity index (χ2v) is 6.96. The molecule has 0 aliphatic carbocycles. The highest BCUT2D eigenvalue weighted by Gasteiger charge is 2.30. The zero-order valence-electron chi connectivity index (χ0n) is 17.3. The minimum atomic E-state index is -1.06. The summed E-state index contributed by atoms with van der Waals surface area (Å²) in [6.07, 6.45) is 2.88. The van der Waals surface area contributed by atoms with E-state index in [4.69, 9.17) is 9.47 Å². The van der Waals surface area contributed by atoms with Gasteiger partial charge in [0, 0.05) is 6.08 Å². The van der Waals surface area contributed by atoms with Crippen LogP contribution in [0.5, 0.6) is 5.75 Å². The second kappa shape index (κ2) is 10.9. The van der Waals surface area contributed by atoms with E-state index in [0.29, 0.717) is 5.75 Å². The quantitative estimate of drug-likeness (QED) is 0.481. The molecule has 2 atom stereocenters. The molecule has 0 saturated carbocycles. The molecule has 0 saturated heterocycles. The number of nitrogens with one attached hydrogen (secondary N) is 2. The number of esters is 1. The van der Waals surface area contributed by atoms with Gasteiger partial charge in [-0.1, -0.05) is 26.0 Å². The van der Waals surface area contributed by atoms with Crippen LogP contribution in [0.2, 0.25) is 0 Å². The fourth-order valence-corrected chi connectivity index (χ4v) is 2.10. The molecule has 0 aliphatic heterocycles. The van der Waals surface area contributed by atoms with E-state index >= 15 is 0 Å². The molecule has 2 amide bonds. The van der Waals surface area contributed by atoms with Crippen LogP contribution in [-0.4, -0.2) is 43.1 Å². The van der Waals surface area contributed by atoms with Crippen LogP contribution < -0.4 is 15.4 Å². The lowest BCUT2D eigenvalue weighted by Gasteiger charge is -2.27.